The van der Waals surface area contributed by atoms with Gasteiger partial charge in [-0.25, -0.2) is 4.39 Å². The Bertz CT molecular complexity index is 778. The Morgan fingerprint density at radius 3 is 2.38 bits per heavy atom. The largest absolute Gasteiger partial charge is 0.330 e. The number of amides is 1. The molecule has 0 spiro atoms. The van der Waals surface area contributed by atoms with Crippen molar-refractivity contribution in [2.24, 2.45) is 23.2 Å². The number of benzene rings is 1. The van der Waals surface area contributed by atoms with Crippen LogP contribution in [0.1, 0.15) is 57.6 Å². The molecule has 140 valence electrons. The third-order valence-corrected chi connectivity index (χ3v) is 8.33. The average molecular weight is 396 g/mol. The van der Waals surface area contributed by atoms with Crippen LogP contribution in [0.3, 0.4) is 0 Å². The molecule has 1 saturated heterocycles. The summed E-state index contributed by atoms with van der Waals surface area (Å²) in [6.45, 7) is 3.97. The average Bonchev–Trinajstić information content (AvgIpc) is 2.55. The van der Waals surface area contributed by atoms with Gasteiger partial charge in [0.25, 0.3) is 0 Å². The van der Waals surface area contributed by atoms with Gasteiger partial charge >= 0.3 is 0 Å². The van der Waals surface area contributed by atoms with E-state index in [1.54, 1.807) is 6.07 Å². The van der Waals surface area contributed by atoms with Crippen LogP contribution in [0, 0.1) is 23.2 Å². The van der Waals surface area contributed by atoms with E-state index in [1.165, 1.54) is 0 Å². The first-order valence-corrected chi connectivity index (χ1v) is 10.4. The highest BCUT2D eigenvalue weighted by molar-refractivity contribution is 6.42. The molecule has 26 heavy (non-hydrogen) atoms. The highest BCUT2D eigenvalue weighted by Crippen LogP contribution is 2.63. The summed E-state index contributed by atoms with van der Waals surface area (Å²) in [5.41, 5.74) is -0.566. The molecule has 4 bridgehead atoms. The summed E-state index contributed by atoms with van der Waals surface area (Å²) in [6, 6.07) is 5.72. The molecule has 1 aliphatic heterocycles. The van der Waals surface area contributed by atoms with Crippen molar-refractivity contribution in [3.8, 4) is 0 Å². The van der Waals surface area contributed by atoms with E-state index in [2.05, 4.69) is 0 Å². The Morgan fingerprint density at radius 2 is 1.77 bits per heavy atom. The molecule has 6 rings (SSSR count). The van der Waals surface area contributed by atoms with Crippen molar-refractivity contribution in [1.82, 2.24) is 4.90 Å². The lowest BCUT2D eigenvalue weighted by atomic mass is 9.51. The van der Waals surface area contributed by atoms with Crippen molar-refractivity contribution in [1.29, 1.82) is 0 Å². The fourth-order valence-electron chi connectivity index (χ4n) is 6.78. The first-order chi connectivity index (χ1) is 12.2. The molecule has 5 heteroatoms. The monoisotopic (exact) mass is 395 g/mol. The maximum Gasteiger partial charge on any atom is 0.231 e. The third kappa shape index (κ3) is 2.19. The van der Waals surface area contributed by atoms with Crippen molar-refractivity contribution in [3.05, 3.63) is 33.8 Å². The van der Waals surface area contributed by atoms with Crippen molar-refractivity contribution in [3.63, 3.8) is 0 Å². The predicted octanol–water partition coefficient (Wildman–Crippen LogP) is 5.82. The zero-order valence-electron chi connectivity index (χ0n) is 15.1. The Hall–Kier alpha value is -0.800. The van der Waals surface area contributed by atoms with E-state index in [-0.39, 0.29) is 29.8 Å². The fourth-order valence-corrected chi connectivity index (χ4v) is 7.19. The molecule has 0 N–H and O–H groups in total. The second-order valence-corrected chi connectivity index (χ2v) is 10.4. The van der Waals surface area contributed by atoms with Gasteiger partial charge in [-0.05, 0) is 75.3 Å². The number of hydrogen-bond acceptors (Lipinski definition) is 1. The SMILES string of the molecule is CC1(C)C(=O)N(C2[C@@H]3CC4C[C@H]2CC(F)(C4)C3)C1c1cccc(Cl)c1Cl. The number of carbonyl (C=O) groups is 1. The third-order valence-electron chi connectivity index (χ3n) is 7.49. The summed E-state index contributed by atoms with van der Waals surface area (Å²) < 4.78 is 15.1. The molecule has 4 saturated carbocycles. The minimum absolute atomic E-state index is 0.0840. The summed E-state index contributed by atoms with van der Waals surface area (Å²) >= 11 is 12.8. The van der Waals surface area contributed by atoms with Crippen LogP contribution in [0.15, 0.2) is 18.2 Å². The van der Waals surface area contributed by atoms with Gasteiger partial charge in [0, 0.05) is 6.04 Å². The van der Waals surface area contributed by atoms with Crippen molar-refractivity contribution in [2.45, 2.75) is 63.7 Å². The van der Waals surface area contributed by atoms with E-state index < -0.39 is 11.1 Å². The topological polar surface area (TPSA) is 20.3 Å². The first-order valence-electron chi connectivity index (χ1n) is 9.67. The Kier molecular flexibility index (Phi) is 3.58. The molecule has 2 nitrogen and oxygen atoms in total. The molecular formula is C21H24Cl2FNO. The second-order valence-electron chi connectivity index (χ2n) is 9.59. The number of hydrogen-bond donors (Lipinski definition) is 0. The quantitative estimate of drug-likeness (QED) is 0.577. The summed E-state index contributed by atoms with van der Waals surface area (Å²) in [5, 5.41) is 1.06. The lowest BCUT2D eigenvalue weighted by Crippen LogP contribution is -2.70. The number of likely N-dealkylation sites (tertiary alicyclic amines) is 1. The normalized spacial score (nSPS) is 42.9. The number of nitrogens with zero attached hydrogens (tertiary/aromatic N) is 1. The highest BCUT2D eigenvalue weighted by Gasteiger charge is 2.64. The number of β-lactam (4-membered cyclic amide) rings is 1. The molecule has 0 aromatic heterocycles. The number of halogens is 3. The van der Waals surface area contributed by atoms with E-state index in [0.29, 0.717) is 28.8 Å². The molecular weight excluding hydrogens is 372 g/mol. The van der Waals surface area contributed by atoms with Crippen molar-refractivity contribution >= 4 is 29.1 Å². The standard InChI is InChI=1S/C21H24Cl2FNO/c1-20(2)18(14-4-3-5-15(22)16(14)23)25(19(20)26)17-12-6-11-7-13(17)10-21(24,8-11)9-12/h3-5,11-13,17-18H,6-10H2,1-2H3/t11?,12-,13+,17?,18?,21?. The summed E-state index contributed by atoms with van der Waals surface area (Å²) in [7, 11) is 0. The predicted molar refractivity (Wildman–Crippen MR) is 101 cm³/mol. The van der Waals surface area contributed by atoms with Gasteiger partial charge in [-0.15, -0.1) is 0 Å². The lowest BCUT2D eigenvalue weighted by molar-refractivity contribution is -0.199. The Balaban J connectivity index is 1.54. The van der Waals surface area contributed by atoms with Crippen LogP contribution in [0.25, 0.3) is 0 Å². The molecule has 5 fully saturated rings. The number of alkyl halides is 1. The minimum atomic E-state index is -0.986. The second kappa shape index (κ2) is 5.38. The van der Waals surface area contributed by atoms with E-state index in [4.69, 9.17) is 23.2 Å². The van der Waals surface area contributed by atoms with Gasteiger partial charge in [-0.3, -0.25) is 4.79 Å². The van der Waals surface area contributed by atoms with Gasteiger partial charge < -0.3 is 4.90 Å². The Morgan fingerprint density at radius 1 is 1.12 bits per heavy atom. The zero-order valence-corrected chi connectivity index (χ0v) is 16.7. The van der Waals surface area contributed by atoms with Crippen molar-refractivity contribution in [2.75, 3.05) is 0 Å². The molecule has 4 aliphatic carbocycles. The highest BCUT2D eigenvalue weighted by atomic mass is 35.5. The van der Waals surface area contributed by atoms with Crippen LogP contribution < -0.4 is 0 Å². The van der Waals surface area contributed by atoms with Crippen LogP contribution >= 0.6 is 23.2 Å². The molecule has 6 atom stereocenters. The summed E-state index contributed by atoms with van der Waals surface area (Å²) in [5.74, 6) is 1.24. The molecule has 1 aromatic rings. The Labute approximate surface area is 164 Å². The molecule has 1 aromatic carbocycles. The van der Waals surface area contributed by atoms with Gasteiger partial charge in [0.1, 0.15) is 5.67 Å². The molecule has 4 unspecified atom stereocenters. The lowest BCUT2D eigenvalue weighted by Gasteiger charge is -2.65. The summed E-state index contributed by atoms with van der Waals surface area (Å²) in [4.78, 5) is 15.2. The van der Waals surface area contributed by atoms with Crippen LogP contribution in [-0.4, -0.2) is 22.5 Å². The van der Waals surface area contributed by atoms with Crippen molar-refractivity contribution < 1.29 is 9.18 Å². The fraction of sp³-hybridized carbons (Fsp3) is 0.667. The summed E-state index contributed by atoms with van der Waals surface area (Å²) in [6.07, 6.45) is 4.09. The first kappa shape index (κ1) is 17.3. The molecule has 0 radical (unpaired) electrons. The smallest absolute Gasteiger partial charge is 0.231 e. The zero-order chi connectivity index (χ0) is 18.4. The molecule has 5 aliphatic rings. The van der Waals surface area contributed by atoms with Crippen LogP contribution in [-0.2, 0) is 4.79 Å². The van der Waals surface area contributed by atoms with E-state index in [0.717, 1.165) is 24.8 Å². The van der Waals surface area contributed by atoms with E-state index in [9.17, 15) is 4.79 Å². The van der Waals surface area contributed by atoms with Crippen LogP contribution in [0.5, 0.6) is 0 Å². The van der Waals surface area contributed by atoms with Crippen LogP contribution in [0.4, 0.5) is 4.39 Å². The van der Waals surface area contributed by atoms with Gasteiger partial charge in [0.15, 0.2) is 0 Å². The molecule has 1 heterocycles. The maximum atomic E-state index is 15.1. The number of rotatable bonds is 2. The van der Waals surface area contributed by atoms with Crippen LogP contribution in [0.2, 0.25) is 10.0 Å². The van der Waals surface area contributed by atoms with E-state index in [1.807, 2.05) is 30.9 Å². The minimum Gasteiger partial charge on any atom is -0.330 e. The number of carbonyl (C=O) groups excluding carboxylic acids is 1. The maximum absolute atomic E-state index is 15.1. The van der Waals surface area contributed by atoms with Gasteiger partial charge in [-0.2, -0.15) is 0 Å². The molecule has 1 amide bonds. The van der Waals surface area contributed by atoms with E-state index >= 15 is 4.39 Å². The van der Waals surface area contributed by atoms with Gasteiger partial charge in [-0.1, -0.05) is 35.3 Å². The van der Waals surface area contributed by atoms with Gasteiger partial charge in [0.05, 0.1) is 21.5 Å². The van der Waals surface area contributed by atoms with Gasteiger partial charge in [0.2, 0.25) is 5.91 Å².